The first-order chi connectivity index (χ1) is 11.7. The molecule has 2 aromatic carbocycles. The molecule has 0 saturated carbocycles. The molecule has 0 radical (unpaired) electrons. The third-order valence-corrected chi connectivity index (χ3v) is 4.63. The van der Waals surface area contributed by atoms with E-state index in [-0.39, 0.29) is 17.7 Å². The van der Waals surface area contributed by atoms with Gasteiger partial charge in [-0.05, 0) is 36.1 Å². The molecule has 124 valence electrons. The molecule has 24 heavy (non-hydrogen) atoms. The fourth-order valence-electron chi connectivity index (χ4n) is 3.26. The second kappa shape index (κ2) is 7.43. The number of nitrogens with zero attached hydrogens (tertiary/aromatic N) is 1. The molecule has 0 aromatic heterocycles. The number of carbonyl (C=O) groups is 2. The van der Waals surface area contributed by atoms with E-state index in [0.717, 1.165) is 24.8 Å². The number of carbonyl (C=O) groups excluding carboxylic acids is 2. The van der Waals surface area contributed by atoms with Crippen molar-refractivity contribution < 1.29 is 9.59 Å². The number of hydrogen-bond donors (Lipinski definition) is 0. The smallest absolute Gasteiger partial charge is 0.234 e. The van der Waals surface area contributed by atoms with Gasteiger partial charge in [-0.1, -0.05) is 55.8 Å². The molecule has 0 bridgehead atoms. The zero-order valence-corrected chi connectivity index (χ0v) is 14.1. The van der Waals surface area contributed by atoms with Crippen LogP contribution in [0.4, 0.5) is 5.69 Å². The largest absolute Gasteiger partial charge is 0.274 e. The second-order valence-electron chi connectivity index (χ2n) is 6.41. The third-order valence-electron chi connectivity index (χ3n) is 4.63. The Hall–Kier alpha value is -2.42. The highest BCUT2D eigenvalue weighted by Gasteiger charge is 2.34. The molecule has 2 aromatic rings. The first-order valence-corrected chi connectivity index (χ1v) is 8.68. The Labute approximate surface area is 143 Å². The Bertz CT molecular complexity index is 688. The number of amides is 2. The summed E-state index contributed by atoms with van der Waals surface area (Å²) in [5.74, 6) is -0.228. The topological polar surface area (TPSA) is 37.4 Å². The first-order valence-electron chi connectivity index (χ1n) is 8.68. The summed E-state index contributed by atoms with van der Waals surface area (Å²) in [5, 5.41) is 0. The Morgan fingerprint density at radius 1 is 0.917 bits per heavy atom. The van der Waals surface area contributed by atoms with Crippen molar-refractivity contribution in [2.45, 2.75) is 44.9 Å². The Kier molecular flexibility index (Phi) is 5.09. The fraction of sp³-hybridized carbons (Fsp3) is 0.333. The summed E-state index contributed by atoms with van der Waals surface area (Å²) < 4.78 is 0. The summed E-state index contributed by atoms with van der Waals surface area (Å²) in [6.07, 6.45) is 4.11. The molecule has 1 fully saturated rings. The van der Waals surface area contributed by atoms with Crippen LogP contribution >= 0.6 is 0 Å². The summed E-state index contributed by atoms with van der Waals surface area (Å²) in [6.45, 7) is 2.17. The van der Waals surface area contributed by atoms with Crippen LogP contribution < -0.4 is 4.90 Å². The first kappa shape index (κ1) is 16.4. The molecule has 0 spiro atoms. The molecule has 1 aliphatic rings. The van der Waals surface area contributed by atoms with Crippen molar-refractivity contribution >= 4 is 17.5 Å². The Morgan fingerprint density at radius 3 is 2.12 bits per heavy atom. The number of rotatable bonds is 5. The minimum Gasteiger partial charge on any atom is -0.274 e. The van der Waals surface area contributed by atoms with Crippen LogP contribution in [0.5, 0.6) is 0 Å². The molecule has 0 atom stereocenters. The normalized spacial score (nSPS) is 15.8. The van der Waals surface area contributed by atoms with Crippen LogP contribution in [0, 0.1) is 0 Å². The van der Waals surface area contributed by atoms with Gasteiger partial charge in [0.2, 0.25) is 11.8 Å². The predicted octanol–water partition coefficient (Wildman–Crippen LogP) is 4.47. The minimum atomic E-state index is -0.110. The maximum atomic E-state index is 12.6. The number of anilines is 1. The molecular weight excluding hydrogens is 298 g/mol. The molecule has 3 rings (SSSR count). The summed E-state index contributed by atoms with van der Waals surface area (Å²) in [6, 6.07) is 17.7. The SMILES string of the molecule is CCCCc1ccc(N2C(=O)CC(c3ccccc3)CC2=O)cc1. The van der Waals surface area contributed by atoms with Gasteiger partial charge in [0, 0.05) is 18.8 Å². The second-order valence-corrected chi connectivity index (χ2v) is 6.41. The molecule has 0 unspecified atom stereocenters. The van der Waals surface area contributed by atoms with E-state index in [2.05, 4.69) is 6.92 Å². The van der Waals surface area contributed by atoms with Gasteiger partial charge >= 0.3 is 0 Å². The van der Waals surface area contributed by atoms with Gasteiger partial charge in [0.1, 0.15) is 0 Å². The average molecular weight is 321 g/mol. The number of hydrogen-bond acceptors (Lipinski definition) is 2. The van der Waals surface area contributed by atoms with Gasteiger partial charge in [-0.15, -0.1) is 0 Å². The molecule has 1 aliphatic heterocycles. The molecule has 1 saturated heterocycles. The van der Waals surface area contributed by atoms with Crippen molar-refractivity contribution in [2.24, 2.45) is 0 Å². The highest BCUT2D eigenvalue weighted by Crippen LogP contribution is 2.32. The quantitative estimate of drug-likeness (QED) is 0.762. The number of benzene rings is 2. The lowest BCUT2D eigenvalue weighted by Gasteiger charge is -2.30. The lowest BCUT2D eigenvalue weighted by Crippen LogP contribution is -2.42. The van der Waals surface area contributed by atoms with Gasteiger partial charge in [-0.2, -0.15) is 0 Å². The summed E-state index contributed by atoms with van der Waals surface area (Å²) in [7, 11) is 0. The zero-order valence-electron chi connectivity index (χ0n) is 14.1. The minimum absolute atomic E-state index is 0.00808. The van der Waals surface area contributed by atoms with Gasteiger partial charge in [-0.3, -0.25) is 14.5 Å². The van der Waals surface area contributed by atoms with Crippen molar-refractivity contribution in [1.29, 1.82) is 0 Å². The van der Waals surface area contributed by atoms with Crippen LogP contribution in [0.15, 0.2) is 54.6 Å². The van der Waals surface area contributed by atoms with Gasteiger partial charge in [0.15, 0.2) is 0 Å². The lowest BCUT2D eigenvalue weighted by atomic mass is 9.88. The van der Waals surface area contributed by atoms with E-state index < -0.39 is 0 Å². The van der Waals surface area contributed by atoms with Crippen LogP contribution in [0.3, 0.4) is 0 Å². The number of aryl methyl sites for hydroxylation is 1. The molecule has 3 heteroatoms. The molecule has 2 amide bonds. The highest BCUT2D eigenvalue weighted by atomic mass is 16.2. The fourth-order valence-corrected chi connectivity index (χ4v) is 3.26. The number of unbranched alkanes of at least 4 members (excludes halogenated alkanes) is 1. The Morgan fingerprint density at radius 2 is 1.54 bits per heavy atom. The van der Waals surface area contributed by atoms with E-state index in [9.17, 15) is 9.59 Å². The standard InChI is InChI=1S/C21H23NO2/c1-2-3-7-16-10-12-19(13-11-16)22-20(23)14-18(15-21(22)24)17-8-5-4-6-9-17/h4-6,8-13,18H,2-3,7,14-15H2,1H3. The predicted molar refractivity (Wildman–Crippen MR) is 96.0 cm³/mol. The van der Waals surface area contributed by atoms with Crippen LogP contribution in [-0.4, -0.2) is 11.8 Å². The van der Waals surface area contributed by atoms with E-state index in [4.69, 9.17) is 0 Å². The van der Waals surface area contributed by atoms with E-state index in [0.29, 0.717) is 18.5 Å². The summed E-state index contributed by atoms with van der Waals surface area (Å²) in [5.41, 5.74) is 3.00. The highest BCUT2D eigenvalue weighted by molar-refractivity contribution is 6.17. The summed E-state index contributed by atoms with van der Waals surface area (Å²) >= 11 is 0. The van der Waals surface area contributed by atoms with Crippen LogP contribution in [0.1, 0.15) is 49.7 Å². The van der Waals surface area contributed by atoms with Gasteiger partial charge in [0.05, 0.1) is 5.69 Å². The van der Waals surface area contributed by atoms with Gasteiger partial charge < -0.3 is 0 Å². The molecule has 0 N–H and O–H groups in total. The molecule has 1 heterocycles. The molecule has 3 nitrogen and oxygen atoms in total. The van der Waals surface area contributed by atoms with Crippen LogP contribution in [-0.2, 0) is 16.0 Å². The van der Waals surface area contributed by atoms with Crippen molar-refractivity contribution in [3.05, 3.63) is 65.7 Å². The number of imide groups is 1. The average Bonchev–Trinajstić information content (AvgIpc) is 2.61. The van der Waals surface area contributed by atoms with Gasteiger partial charge in [0.25, 0.3) is 0 Å². The van der Waals surface area contributed by atoms with Crippen molar-refractivity contribution in [1.82, 2.24) is 0 Å². The molecular formula is C21H23NO2. The number of piperidine rings is 1. The van der Waals surface area contributed by atoms with E-state index >= 15 is 0 Å². The van der Waals surface area contributed by atoms with Crippen molar-refractivity contribution in [2.75, 3.05) is 4.90 Å². The van der Waals surface area contributed by atoms with Crippen LogP contribution in [0.2, 0.25) is 0 Å². The lowest BCUT2D eigenvalue weighted by molar-refractivity contribution is -0.129. The van der Waals surface area contributed by atoms with Crippen molar-refractivity contribution in [3.63, 3.8) is 0 Å². The van der Waals surface area contributed by atoms with Crippen molar-refractivity contribution in [3.8, 4) is 0 Å². The van der Waals surface area contributed by atoms with E-state index in [1.807, 2.05) is 54.6 Å². The molecule has 0 aliphatic carbocycles. The monoisotopic (exact) mass is 321 g/mol. The van der Waals surface area contributed by atoms with Gasteiger partial charge in [-0.25, -0.2) is 0 Å². The Balaban J connectivity index is 1.73. The maximum absolute atomic E-state index is 12.6. The van der Waals surface area contributed by atoms with E-state index in [1.54, 1.807) is 0 Å². The third kappa shape index (κ3) is 3.56. The summed E-state index contributed by atoms with van der Waals surface area (Å²) in [4.78, 5) is 26.5. The van der Waals surface area contributed by atoms with E-state index in [1.165, 1.54) is 10.5 Å². The maximum Gasteiger partial charge on any atom is 0.234 e. The van der Waals surface area contributed by atoms with Crippen LogP contribution in [0.25, 0.3) is 0 Å². The zero-order chi connectivity index (χ0) is 16.9.